The van der Waals surface area contributed by atoms with Crippen LogP contribution in [0, 0.1) is 33.4 Å². The lowest BCUT2D eigenvalue weighted by atomic mass is 10.2. The van der Waals surface area contributed by atoms with Gasteiger partial charge in [0.15, 0.2) is 5.75 Å². The number of amides is 1. The molecule has 0 radical (unpaired) electrons. The number of hydrogen-bond donors (Lipinski definition) is 1. The van der Waals surface area contributed by atoms with Gasteiger partial charge in [0.1, 0.15) is 8.07 Å². The van der Waals surface area contributed by atoms with Crippen LogP contribution in [0.3, 0.4) is 0 Å². The van der Waals surface area contributed by atoms with Gasteiger partial charge in [-0.25, -0.2) is 0 Å². The predicted molar refractivity (Wildman–Crippen MR) is 90.9 cm³/mol. The third kappa shape index (κ3) is 6.25. The molecule has 7 heteroatoms. The van der Waals surface area contributed by atoms with Crippen LogP contribution in [0.2, 0.25) is 19.6 Å². The number of rotatable bonds is 4. The van der Waals surface area contributed by atoms with E-state index >= 15 is 0 Å². The minimum absolute atomic E-state index is 0.0368. The van der Waals surface area contributed by atoms with Crippen LogP contribution in [0.4, 0.5) is 5.69 Å². The Hall–Kier alpha value is -2.77. The van der Waals surface area contributed by atoms with Gasteiger partial charge in [0.2, 0.25) is 0 Å². The molecule has 1 aromatic carbocycles. The summed E-state index contributed by atoms with van der Waals surface area (Å²) >= 11 is 0. The molecule has 0 unspecified atom stereocenters. The molecule has 0 atom stereocenters. The van der Waals surface area contributed by atoms with Gasteiger partial charge in [-0.1, -0.05) is 25.6 Å². The summed E-state index contributed by atoms with van der Waals surface area (Å²) in [5, 5.41) is 13.4. The maximum absolute atomic E-state index is 12.0. The van der Waals surface area contributed by atoms with Crippen molar-refractivity contribution < 1.29 is 14.5 Å². The Morgan fingerprint density at radius 3 is 2.61 bits per heavy atom. The quantitative estimate of drug-likeness (QED) is 0.397. The van der Waals surface area contributed by atoms with E-state index in [0.29, 0.717) is 0 Å². The molecule has 1 rings (SSSR count). The van der Waals surface area contributed by atoms with E-state index in [-0.39, 0.29) is 29.5 Å². The summed E-state index contributed by atoms with van der Waals surface area (Å²) in [5.74, 6) is 7.87. The van der Waals surface area contributed by atoms with Gasteiger partial charge in [-0.3, -0.25) is 14.9 Å². The second-order valence-corrected chi connectivity index (χ2v) is 10.4. The zero-order valence-corrected chi connectivity index (χ0v) is 14.5. The molecule has 120 valence electrons. The lowest BCUT2D eigenvalue weighted by Crippen LogP contribution is -2.23. The number of hydrogen-bond acceptors (Lipinski definition) is 4. The highest BCUT2D eigenvalue weighted by atomic mass is 28.3. The Balaban J connectivity index is 2.71. The number of methoxy groups -OCH3 is 1. The van der Waals surface area contributed by atoms with Gasteiger partial charge < -0.3 is 10.1 Å². The van der Waals surface area contributed by atoms with E-state index in [1.54, 1.807) is 0 Å². The van der Waals surface area contributed by atoms with Crippen molar-refractivity contribution >= 4 is 19.7 Å². The Bertz CT molecular complexity index is 730. The van der Waals surface area contributed by atoms with Crippen molar-refractivity contribution in [1.82, 2.24) is 5.32 Å². The summed E-state index contributed by atoms with van der Waals surface area (Å²) in [7, 11) is -0.125. The van der Waals surface area contributed by atoms with E-state index in [1.807, 2.05) is 0 Å². The fourth-order valence-electron chi connectivity index (χ4n) is 1.50. The van der Waals surface area contributed by atoms with Gasteiger partial charge in [-0.05, 0) is 17.9 Å². The fraction of sp³-hybridized carbons (Fsp3) is 0.312. The van der Waals surface area contributed by atoms with E-state index in [2.05, 4.69) is 48.3 Å². The van der Waals surface area contributed by atoms with E-state index < -0.39 is 13.0 Å². The molecular formula is C16H18N2O4Si. The Kier molecular flexibility index (Phi) is 6.37. The van der Waals surface area contributed by atoms with Crippen LogP contribution in [-0.4, -0.2) is 32.6 Å². The molecule has 0 aliphatic heterocycles. The lowest BCUT2D eigenvalue weighted by molar-refractivity contribution is -0.385. The van der Waals surface area contributed by atoms with Crippen LogP contribution in [0.1, 0.15) is 10.4 Å². The van der Waals surface area contributed by atoms with E-state index in [1.165, 1.54) is 25.3 Å². The van der Waals surface area contributed by atoms with Crippen LogP contribution < -0.4 is 10.1 Å². The second kappa shape index (κ2) is 8.02. The predicted octanol–water partition coefficient (Wildman–Crippen LogP) is 2.22. The minimum atomic E-state index is -1.44. The first-order chi connectivity index (χ1) is 10.7. The Morgan fingerprint density at radius 1 is 1.35 bits per heavy atom. The number of nitrogens with one attached hydrogen (secondary N) is 1. The van der Waals surface area contributed by atoms with Gasteiger partial charge in [-0.2, -0.15) is 0 Å². The van der Waals surface area contributed by atoms with Crippen LogP contribution in [0.25, 0.3) is 0 Å². The Morgan fingerprint density at radius 2 is 2.04 bits per heavy atom. The molecule has 0 spiro atoms. The van der Waals surface area contributed by atoms with Crippen LogP contribution in [0.5, 0.6) is 5.75 Å². The summed E-state index contributed by atoms with van der Waals surface area (Å²) in [6.07, 6.45) is 0. The zero-order valence-electron chi connectivity index (χ0n) is 13.5. The molecular weight excluding hydrogens is 312 g/mol. The second-order valence-electron chi connectivity index (χ2n) is 5.63. The van der Waals surface area contributed by atoms with Crippen molar-refractivity contribution in [3.8, 4) is 29.1 Å². The first-order valence-corrected chi connectivity index (χ1v) is 10.4. The summed E-state index contributed by atoms with van der Waals surface area (Å²) in [6.45, 7) is 6.50. The number of nitro groups is 1. The topological polar surface area (TPSA) is 81.5 Å². The van der Waals surface area contributed by atoms with Crippen LogP contribution in [-0.2, 0) is 0 Å². The number of nitro benzene ring substituents is 1. The Labute approximate surface area is 136 Å². The molecule has 0 fully saturated rings. The maximum Gasteiger partial charge on any atom is 0.310 e. The highest BCUT2D eigenvalue weighted by Gasteiger charge is 2.17. The number of ether oxygens (including phenoxy) is 1. The molecule has 0 bridgehead atoms. The largest absolute Gasteiger partial charge is 0.490 e. The average Bonchev–Trinajstić information content (AvgIpc) is 2.48. The third-order valence-electron chi connectivity index (χ3n) is 2.56. The first-order valence-electron chi connectivity index (χ1n) is 6.85. The van der Waals surface area contributed by atoms with Gasteiger partial charge in [0.25, 0.3) is 5.91 Å². The van der Waals surface area contributed by atoms with Crippen molar-refractivity contribution in [3.63, 3.8) is 0 Å². The molecule has 23 heavy (non-hydrogen) atoms. The monoisotopic (exact) mass is 330 g/mol. The summed E-state index contributed by atoms with van der Waals surface area (Å²) < 4.78 is 4.92. The maximum atomic E-state index is 12.0. The molecule has 0 aliphatic rings. The van der Waals surface area contributed by atoms with Gasteiger partial charge in [0.05, 0.1) is 18.6 Å². The number of nitrogens with zero attached hydrogens (tertiary/aromatic N) is 1. The summed E-state index contributed by atoms with van der Waals surface area (Å²) in [4.78, 5) is 22.2. The lowest BCUT2D eigenvalue weighted by Gasteiger charge is -2.05. The van der Waals surface area contributed by atoms with Crippen molar-refractivity contribution in [2.75, 3.05) is 13.7 Å². The third-order valence-corrected chi connectivity index (χ3v) is 3.44. The molecule has 0 saturated carbocycles. The molecule has 0 heterocycles. The summed E-state index contributed by atoms with van der Waals surface area (Å²) in [5.41, 5.74) is 3.17. The first kappa shape index (κ1) is 18.3. The van der Waals surface area contributed by atoms with Crippen molar-refractivity contribution in [1.29, 1.82) is 0 Å². The number of benzene rings is 1. The minimum Gasteiger partial charge on any atom is -0.490 e. The summed E-state index contributed by atoms with van der Waals surface area (Å²) in [6, 6.07) is 3.93. The SMILES string of the molecule is COc1cc(C(=O)NCC#CC#C[Si](C)(C)C)ccc1[N+](=O)[O-]. The molecule has 1 amide bonds. The molecule has 0 aliphatic carbocycles. The van der Waals surface area contributed by atoms with Gasteiger partial charge >= 0.3 is 5.69 Å². The van der Waals surface area contributed by atoms with E-state index in [9.17, 15) is 14.9 Å². The van der Waals surface area contributed by atoms with Crippen molar-refractivity contribution in [2.45, 2.75) is 19.6 Å². The standard InChI is InChI=1S/C16H18N2O4Si/c1-22-15-12-13(8-9-14(15)18(20)21)16(19)17-10-6-5-7-11-23(2,3)4/h8-9,12H,10H2,1-4H3,(H,17,19). The highest BCUT2D eigenvalue weighted by Crippen LogP contribution is 2.27. The normalized spacial score (nSPS) is 9.74. The molecule has 0 aromatic heterocycles. The molecule has 6 nitrogen and oxygen atoms in total. The van der Waals surface area contributed by atoms with Crippen molar-refractivity contribution in [2.24, 2.45) is 0 Å². The van der Waals surface area contributed by atoms with Gasteiger partial charge in [-0.15, -0.1) is 5.54 Å². The van der Waals surface area contributed by atoms with E-state index in [0.717, 1.165) is 0 Å². The average molecular weight is 330 g/mol. The van der Waals surface area contributed by atoms with Crippen LogP contribution >= 0.6 is 0 Å². The van der Waals surface area contributed by atoms with E-state index in [4.69, 9.17) is 4.74 Å². The molecule has 1 N–H and O–H groups in total. The van der Waals surface area contributed by atoms with Crippen molar-refractivity contribution in [3.05, 3.63) is 33.9 Å². The molecule has 1 aromatic rings. The number of carbonyl (C=O) groups is 1. The van der Waals surface area contributed by atoms with Crippen LogP contribution in [0.15, 0.2) is 18.2 Å². The van der Waals surface area contributed by atoms with Gasteiger partial charge in [0, 0.05) is 17.7 Å². The zero-order chi connectivity index (χ0) is 17.5. The molecule has 0 saturated heterocycles. The smallest absolute Gasteiger partial charge is 0.310 e. The number of carbonyl (C=O) groups excluding carboxylic acids is 1. The fourth-order valence-corrected chi connectivity index (χ4v) is 1.94. The highest BCUT2D eigenvalue weighted by molar-refractivity contribution is 6.83.